The van der Waals surface area contributed by atoms with Crippen molar-refractivity contribution in [3.8, 4) is 11.1 Å². The van der Waals surface area contributed by atoms with E-state index in [1.165, 1.54) is 6.07 Å². The average Bonchev–Trinajstić information content (AvgIpc) is 3.72. The summed E-state index contributed by atoms with van der Waals surface area (Å²) in [5.74, 6) is -4.51. The van der Waals surface area contributed by atoms with Gasteiger partial charge < -0.3 is 47.2 Å². The summed E-state index contributed by atoms with van der Waals surface area (Å²) in [4.78, 5) is 97.2. The summed E-state index contributed by atoms with van der Waals surface area (Å²) in [6.07, 6.45) is 2.80. The van der Waals surface area contributed by atoms with Crippen molar-refractivity contribution in [2.45, 2.75) is 109 Å². The molecule has 0 spiro atoms. The number of ketones is 2. The van der Waals surface area contributed by atoms with Gasteiger partial charge in [0.25, 0.3) is 5.91 Å². The molecule has 394 valence electrons. The van der Waals surface area contributed by atoms with Gasteiger partial charge in [0, 0.05) is 67.4 Å². The maximum atomic E-state index is 14.4. The maximum absolute atomic E-state index is 14.4. The molecule has 1 aromatic heterocycles. The molecule has 0 saturated carbocycles. The molecule has 4 amide bonds. The van der Waals surface area contributed by atoms with Crippen LogP contribution in [0.4, 0.5) is 10.5 Å². The lowest BCUT2D eigenvalue weighted by atomic mass is 9.88. The number of fused-ring (bicyclic) bond motifs is 4. The van der Waals surface area contributed by atoms with E-state index in [-0.39, 0.29) is 74.7 Å². The minimum atomic E-state index is -1.000. The highest BCUT2D eigenvalue weighted by molar-refractivity contribution is 5.97. The molecule has 4 aromatic carbocycles. The van der Waals surface area contributed by atoms with E-state index in [1.54, 1.807) is 6.07 Å². The van der Waals surface area contributed by atoms with Crippen LogP contribution in [0.15, 0.2) is 112 Å². The van der Waals surface area contributed by atoms with Crippen molar-refractivity contribution in [1.82, 2.24) is 16.0 Å². The first kappa shape index (κ1) is 56.1. The van der Waals surface area contributed by atoms with E-state index in [0.717, 1.165) is 46.6 Å². The van der Waals surface area contributed by atoms with Crippen LogP contribution < -0.4 is 43.7 Å². The number of ether oxygens (including phenoxy) is 1. The molecule has 6 rings (SSSR count). The normalized spacial score (nSPS) is 13.5. The van der Waals surface area contributed by atoms with Crippen molar-refractivity contribution in [1.29, 1.82) is 0 Å². The van der Waals surface area contributed by atoms with Gasteiger partial charge in [-0.2, -0.15) is 0 Å². The van der Waals surface area contributed by atoms with Crippen molar-refractivity contribution in [2.75, 3.05) is 44.2 Å². The number of nitrogens with two attached hydrogens (primary N) is 3. The Morgan fingerprint density at radius 3 is 1.86 bits per heavy atom. The first-order valence-corrected chi connectivity index (χ1v) is 26.2. The minimum Gasteiger partial charge on any atom is -0.449 e. The Morgan fingerprint density at radius 2 is 1.26 bits per heavy atom. The summed E-state index contributed by atoms with van der Waals surface area (Å²) >= 11 is 0. The van der Waals surface area contributed by atoms with Gasteiger partial charge in [0.2, 0.25) is 11.8 Å². The largest absolute Gasteiger partial charge is 0.449 e. The molecule has 1 aliphatic carbocycles. The molecule has 9 N–H and O–H groups in total. The second-order valence-corrected chi connectivity index (χ2v) is 19.1. The molecule has 0 bridgehead atoms. The van der Waals surface area contributed by atoms with E-state index in [0.29, 0.717) is 62.6 Å². The molecule has 4 atom stereocenters. The smallest absolute Gasteiger partial charge is 0.407 e. The highest BCUT2D eigenvalue weighted by Crippen LogP contribution is 2.44. The van der Waals surface area contributed by atoms with Crippen molar-refractivity contribution >= 4 is 52.0 Å². The highest BCUT2D eigenvalue weighted by Gasteiger charge is 2.33. The summed E-state index contributed by atoms with van der Waals surface area (Å²) in [5.41, 5.74) is 23.0. The van der Waals surface area contributed by atoms with Gasteiger partial charge in [-0.25, -0.2) is 9.59 Å². The molecule has 16 heteroatoms. The van der Waals surface area contributed by atoms with Crippen LogP contribution >= 0.6 is 0 Å². The fourth-order valence-corrected chi connectivity index (χ4v) is 9.81. The van der Waals surface area contributed by atoms with Gasteiger partial charge in [-0.05, 0) is 131 Å². The van der Waals surface area contributed by atoms with Crippen molar-refractivity contribution < 1.29 is 37.9 Å². The molecule has 0 aliphatic heterocycles. The Morgan fingerprint density at radius 1 is 0.676 bits per heavy atom. The first-order chi connectivity index (χ1) is 35.8. The van der Waals surface area contributed by atoms with Crippen LogP contribution in [0.3, 0.4) is 0 Å². The van der Waals surface area contributed by atoms with Crippen molar-refractivity contribution in [3.63, 3.8) is 0 Å². The topological polar surface area (TPSA) is 259 Å². The number of anilines is 1. The van der Waals surface area contributed by atoms with Crippen LogP contribution in [0.5, 0.6) is 0 Å². The van der Waals surface area contributed by atoms with Crippen LogP contribution in [-0.4, -0.2) is 86.8 Å². The molecule has 0 unspecified atom stereocenters. The van der Waals surface area contributed by atoms with Crippen LogP contribution in [0.2, 0.25) is 0 Å². The quantitative estimate of drug-likeness (QED) is 0.0193. The number of rotatable bonds is 31. The van der Waals surface area contributed by atoms with Gasteiger partial charge >= 0.3 is 11.7 Å². The van der Waals surface area contributed by atoms with Gasteiger partial charge in [-0.3, -0.25) is 24.0 Å². The minimum absolute atomic E-state index is 0.0592. The number of primary amides is 1. The van der Waals surface area contributed by atoms with Gasteiger partial charge in [-0.15, -0.1) is 0 Å². The summed E-state index contributed by atoms with van der Waals surface area (Å²) in [5, 5.41) is 9.10. The lowest BCUT2D eigenvalue weighted by molar-refractivity contribution is -0.134. The number of benzene rings is 4. The molecular weight excluding hydrogens is 939 g/mol. The van der Waals surface area contributed by atoms with Gasteiger partial charge in [0.15, 0.2) is 11.6 Å². The molecule has 74 heavy (non-hydrogen) atoms. The van der Waals surface area contributed by atoms with Crippen LogP contribution in [0.25, 0.3) is 22.1 Å². The highest BCUT2D eigenvalue weighted by atomic mass is 16.5. The Hall–Kier alpha value is -7.17. The molecule has 0 radical (unpaired) electrons. The number of unbranched alkanes of at least 4 members (excludes halogenated alkanes) is 3. The van der Waals surface area contributed by atoms with Crippen molar-refractivity contribution in [3.05, 3.63) is 136 Å². The molecule has 5 aromatic rings. The van der Waals surface area contributed by atoms with Gasteiger partial charge in [-0.1, -0.05) is 85.3 Å². The fourth-order valence-electron chi connectivity index (χ4n) is 9.81. The van der Waals surface area contributed by atoms with E-state index in [4.69, 9.17) is 26.4 Å². The van der Waals surface area contributed by atoms with Gasteiger partial charge in [0.1, 0.15) is 17.8 Å². The van der Waals surface area contributed by atoms with E-state index in [1.807, 2.05) is 105 Å². The van der Waals surface area contributed by atoms with E-state index in [9.17, 15) is 33.6 Å². The number of amides is 4. The molecule has 0 saturated heterocycles. The lowest BCUT2D eigenvalue weighted by Crippen LogP contribution is -2.47. The van der Waals surface area contributed by atoms with Crippen LogP contribution in [0.1, 0.15) is 117 Å². The third kappa shape index (κ3) is 15.4. The first-order valence-electron chi connectivity index (χ1n) is 26.2. The molecule has 16 nitrogen and oxygen atoms in total. The zero-order valence-electron chi connectivity index (χ0n) is 42.8. The maximum Gasteiger partial charge on any atom is 0.407 e. The SMILES string of the molecule is CCN(CC)c1ccc2cc(C(=O)NCCCC[C@H](CC(=O)[C@H](CCCCN)NC(=O)[C@@H](CC(=O)[C@H](CCCCN)NC(=O)OCC3c4ccccc4-c4ccccc43)Cc3ccccc3)C(N)=O)c(=O)oc2c1. The monoisotopic (exact) mass is 1010 g/mol. The van der Waals surface area contributed by atoms with Crippen molar-refractivity contribution in [2.24, 2.45) is 29.0 Å². The number of carbonyl (C=O) groups is 6. The van der Waals surface area contributed by atoms with E-state index < -0.39 is 53.4 Å². The molecule has 1 heterocycles. The van der Waals surface area contributed by atoms with Crippen LogP contribution in [0, 0.1) is 11.8 Å². The standard InChI is InChI=1S/C58H73N7O9/c1-3-65(4-2)42-28-27-39-33-47(57(71)74-53(39)36-42)56(70)62-31-17-14-20-40(54(61)68)34-51(66)49(25-12-15-29-59)63-55(69)41(32-38-18-6-5-7-19-38)35-52(67)50(26-13-16-30-60)64-58(72)73-37-48-45-23-10-8-21-43(45)44-22-9-11-24-46(44)48/h5-11,18-19,21-24,27-28,33,36,40-41,48-50H,3-4,12-17,20,25-26,29-32,34-35,37,59-60H2,1-2H3,(H2,61,68)(H,62,70)(H,63,69)(H,64,72)/t40-,41-,49+,50+/m1/s1. The zero-order chi connectivity index (χ0) is 53.0. The summed E-state index contributed by atoms with van der Waals surface area (Å²) in [6.45, 7) is 6.64. The summed E-state index contributed by atoms with van der Waals surface area (Å²) < 4.78 is 11.3. The summed E-state index contributed by atoms with van der Waals surface area (Å²) in [6, 6.07) is 30.3. The Balaban J connectivity index is 1.07. The zero-order valence-corrected chi connectivity index (χ0v) is 42.8. The fraction of sp³-hybridized carbons (Fsp3) is 0.431. The number of alkyl carbamates (subject to hydrolysis) is 1. The lowest BCUT2D eigenvalue weighted by Gasteiger charge is -2.25. The second-order valence-electron chi connectivity index (χ2n) is 19.1. The number of hydrogen-bond acceptors (Lipinski definition) is 12. The number of Topliss-reactive ketones (excluding diaryl/α,β-unsaturated/α-hetero) is 2. The third-order valence-electron chi connectivity index (χ3n) is 14.0. The number of nitrogens with zero attached hydrogens (tertiary/aromatic N) is 1. The predicted octanol–water partition coefficient (Wildman–Crippen LogP) is 7.07. The molecule has 1 aliphatic rings. The predicted molar refractivity (Wildman–Crippen MR) is 288 cm³/mol. The van der Waals surface area contributed by atoms with E-state index >= 15 is 0 Å². The number of nitrogens with one attached hydrogen (secondary N) is 3. The Labute approximate surface area is 433 Å². The molecular formula is C58H73N7O9. The summed E-state index contributed by atoms with van der Waals surface area (Å²) in [7, 11) is 0. The average molecular weight is 1010 g/mol. The van der Waals surface area contributed by atoms with Crippen LogP contribution in [-0.2, 0) is 30.3 Å². The van der Waals surface area contributed by atoms with E-state index in [2.05, 4.69) is 20.9 Å². The number of hydrogen-bond donors (Lipinski definition) is 6. The Kier molecular flexibility index (Phi) is 21.5. The molecule has 0 fully saturated rings. The second kappa shape index (κ2) is 28.3. The third-order valence-corrected chi connectivity index (χ3v) is 14.0. The van der Waals surface area contributed by atoms with Gasteiger partial charge in [0.05, 0.1) is 12.1 Å². The number of carbonyl (C=O) groups excluding carboxylic acids is 6. The Bertz CT molecular complexity index is 2710.